The predicted octanol–water partition coefficient (Wildman–Crippen LogP) is 2.84. The molecule has 0 heterocycles. The summed E-state index contributed by atoms with van der Waals surface area (Å²) in [6.45, 7) is 19.6. The molecule has 0 radical (unpaired) electrons. The average molecular weight is 437 g/mol. The van der Waals surface area contributed by atoms with Crippen molar-refractivity contribution >= 4 is 37.1 Å². The molecular formula is C17H36O7Si3. The minimum absolute atomic E-state index is 0.0104. The van der Waals surface area contributed by atoms with Crippen LogP contribution < -0.4 is 0 Å². The number of ether oxygens (including phenoxy) is 1. The van der Waals surface area contributed by atoms with Gasteiger partial charge < -0.3 is 23.2 Å². The number of aliphatic hydroxyl groups excluding tert-OH is 1. The Hall–Kier alpha value is -0.629. The largest absolute Gasteiger partial charge is 0.435 e. The number of hydrogen-bond acceptors (Lipinski definition) is 7. The lowest BCUT2D eigenvalue weighted by atomic mass is 10.1. The highest BCUT2D eigenvalue weighted by molar-refractivity contribution is 6.90. The van der Waals surface area contributed by atoms with Crippen LogP contribution in [0, 0.1) is 0 Å². The van der Waals surface area contributed by atoms with E-state index in [0.29, 0.717) is 6.42 Å². The van der Waals surface area contributed by atoms with Gasteiger partial charge in [-0.1, -0.05) is 19.9 Å². The molecule has 0 aliphatic rings. The van der Waals surface area contributed by atoms with E-state index >= 15 is 0 Å². The number of aliphatic hydroxyl groups is 2. The predicted molar refractivity (Wildman–Crippen MR) is 112 cm³/mol. The quantitative estimate of drug-likeness (QED) is 0.235. The highest BCUT2D eigenvalue weighted by Crippen LogP contribution is 2.35. The van der Waals surface area contributed by atoms with Gasteiger partial charge >= 0.3 is 20.5 Å². The molecule has 2 atom stereocenters. The first kappa shape index (κ1) is 26.4. The number of carbonyl (C=O) groups excluding carboxylic acids is 2. The van der Waals surface area contributed by atoms with E-state index in [4.69, 9.17) is 13.0 Å². The Kier molecular flexibility index (Phi) is 9.03. The van der Waals surface area contributed by atoms with Crippen LogP contribution in [-0.4, -0.2) is 58.7 Å². The van der Waals surface area contributed by atoms with Gasteiger partial charge in [0.1, 0.15) is 0 Å². The Labute approximate surface area is 166 Å². The number of carbonyl (C=O) groups is 2. The van der Waals surface area contributed by atoms with Gasteiger partial charge in [0.25, 0.3) is 0 Å². The second-order valence-electron chi connectivity index (χ2n) is 8.90. The van der Waals surface area contributed by atoms with Crippen molar-refractivity contribution in [2.24, 2.45) is 0 Å². The maximum absolute atomic E-state index is 12.9. The molecule has 2 unspecified atom stereocenters. The van der Waals surface area contributed by atoms with Crippen molar-refractivity contribution in [3.8, 4) is 0 Å². The second kappa shape index (κ2) is 9.25. The van der Waals surface area contributed by atoms with Crippen LogP contribution in [0.25, 0.3) is 0 Å². The highest BCUT2D eigenvalue weighted by atomic mass is 28.5. The summed E-state index contributed by atoms with van der Waals surface area (Å²) in [5.74, 6) is -2.21. The summed E-state index contributed by atoms with van der Waals surface area (Å²) in [6, 6.07) is 0. The van der Waals surface area contributed by atoms with Crippen LogP contribution in [0.2, 0.25) is 45.8 Å². The molecule has 0 fully saturated rings. The standard InChI is InChI=1S/C17H36O7Si3/c1-11-12-14(18)17(21,16(20)22-15(19)13(2)3)27(10,23-25(4,5)6)24-26(7,8)9/h14,18,21H,2,11-12H2,1,3-10H3. The molecule has 0 amide bonds. The fraction of sp³-hybridized carbons (Fsp3) is 0.765. The van der Waals surface area contributed by atoms with E-state index in [1.54, 1.807) is 6.55 Å². The molecule has 0 aromatic rings. The van der Waals surface area contributed by atoms with Crippen LogP contribution >= 0.6 is 0 Å². The van der Waals surface area contributed by atoms with Crippen LogP contribution in [0.1, 0.15) is 26.7 Å². The average Bonchev–Trinajstić information content (AvgIpc) is 2.41. The fourth-order valence-electron chi connectivity index (χ4n) is 2.70. The first-order chi connectivity index (χ1) is 11.9. The van der Waals surface area contributed by atoms with Crippen LogP contribution in [0.5, 0.6) is 0 Å². The number of rotatable bonds is 10. The molecule has 0 aromatic carbocycles. The lowest BCUT2D eigenvalue weighted by Crippen LogP contribution is -2.74. The molecule has 0 saturated carbocycles. The Morgan fingerprint density at radius 1 is 1.04 bits per heavy atom. The molecule has 158 valence electrons. The molecule has 2 N–H and O–H groups in total. The third-order valence-corrected chi connectivity index (χ3v) is 13.5. The first-order valence-corrected chi connectivity index (χ1v) is 18.3. The van der Waals surface area contributed by atoms with Gasteiger partial charge in [-0.15, -0.1) is 0 Å². The third-order valence-electron chi connectivity index (χ3n) is 3.58. The molecule has 27 heavy (non-hydrogen) atoms. The van der Waals surface area contributed by atoms with Crippen LogP contribution in [-0.2, 0) is 22.6 Å². The highest BCUT2D eigenvalue weighted by Gasteiger charge is 2.66. The van der Waals surface area contributed by atoms with Crippen molar-refractivity contribution in [1.82, 2.24) is 0 Å². The molecule has 7 nitrogen and oxygen atoms in total. The summed E-state index contributed by atoms with van der Waals surface area (Å²) in [7, 11) is -8.37. The first-order valence-electron chi connectivity index (χ1n) is 9.12. The number of esters is 2. The van der Waals surface area contributed by atoms with Gasteiger partial charge in [-0.05, 0) is 59.2 Å². The zero-order valence-electron chi connectivity index (χ0n) is 18.1. The second-order valence-corrected chi connectivity index (χ2v) is 21.6. The molecule has 0 aromatic heterocycles. The van der Waals surface area contributed by atoms with Gasteiger partial charge in [0, 0.05) is 5.57 Å². The smallest absolute Gasteiger partial charge is 0.362 e. The minimum atomic E-state index is -3.77. The molecule has 0 bridgehead atoms. The van der Waals surface area contributed by atoms with E-state index in [0.717, 1.165) is 0 Å². The van der Waals surface area contributed by atoms with Crippen LogP contribution in [0.3, 0.4) is 0 Å². The Morgan fingerprint density at radius 2 is 1.44 bits per heavy atom. The summed E-state index contributed by atoms with van der Waals surface area (Å²) in [5, 5.41) is 19.8. The summed E-state index contributed by atoms with van der Waals surface area (Å²) >= 11 is 0. The van der Waals surface area contributed by atoms with Gasteiger partial charge in [-0.25, -0.2) is 9.59 Å². The number of hydrogen-bond donors (Lipinski definition) is 2. The summed E-state index contributed by atoms with van der Waals surface area (Å²) in [6.07, 6.45) is -0.855. The van der Waals surface area contributed by atoms with Crippen molar-refractivity contribution in [1.29, 1.82) is 0 Å². The topological polar surface area (TPSA) is 102 Å². The minimum Gasteiger partial charge on any atom is -0.435 e. The van der Waals surface area contributed by atoms with E-state index in [1.807, 2.05) is 46.2 Å². The van der Waals surface area contributed by atoms with Crippen LogP contribution in [0.15, 0.2) is 12.2 Å². The van der Waals surface area contributed by atoms with Gasteiger partial charge in [0.15, 0.2) is 16.6 Å². The van der Waals surface area contributed by atoms with Gasteiger partial charge in [-0.2, -0.15) is 0 Å². The Balaban J connectivity index is 6.40. The SMILES string of the molecule is C=C(C)C(=O)OC(=O)C(O)(C(O)CCC)[Si](C)(O[Si](C)(C)C)O[Si](C)(C)C. The molecule has 0 aliphatic carbocycles. The molecular weight excluding hydrogens is 400 g/mol. The maximum atomic E-state index is 12.9. The Bertz CT molecular complexity index is 550. The molecule has 10 heteroatoms. The molecule has 0 aliphatic heterocycles. The summed E-state index contributed by atoms with van der Waals surface area (Å²) < 4.78 is 17.3. The normalized spacial score (nSPS) is 16.4. The molecule has 0 saturated heterocycles. The van der Waals surface area contributed by atoms with Crippen molar-refractivity contribution in [3.05, 3.63) is 12.2 Å². The van der Waals surface area contributed by atoms with Crippen molar-refractivity contribution in [3.63, 3.8) is 0 Å². The van der Waals surface area contributed by atoms with Gasteiger partial charge in [0.05, 0.1) is 6.10 Å². The zero-order chi connectivity index (χ0) is 21.8. The molecule has 0 rings (SSSR count). The van der Waals surface area contributed by atoms with E-state index in [9.17, 15) is 19.8 Å². The van der Waals surface area contributed by atoms with E-state index in [2.05, 4.69) is 6.58 Å². The van der Waals surface area contributed by atoms with E-state index in [-0.39, 0.29) is 12.0 Å². The van der Waals surface area contributed by atoms with Gasteiger partial charge in [0.2, 0.25) is 5.22 Å². The summed E-state index contributed by atoms with van der Waals surface area (Å²) in [5.41, 5.74) is 0.0104. The van der Waals surface area contributed by atoms with Gasteiger partial charge in [-0.3, -0.25) is 0 Å². The molecule has 0 spiro atoms. The lowest BCUT2D eigenvalue weighted by molar-refractivity contribution is -0.175. The lowest BCUT2D eigenvalue weighted by Gasteiger charge is -2.47. The Morgan fingerprint density at radius 3 is 1.74 bits per heavy atom. The summed E-state index contributed by atoms with van der Waals surface area (Å²) in [4.78, 5) is 24.8. The van der Waals surface area contributed by atoms with E-state index in [1.165, 1.54) is 6.92 Å². The zero-order valence-corrected chi connectivity index (χ0v) is 21.1. The van der Waals surface area contributed by atoms with Crippen molar-refractivity contribution in [2.45, 2.75) is 83.8 Å². The third kappa shape index (κ3) is 7.37. The monoisotopic (exact) mass is 436 g/mol. The van der Waals surface area contributed by atoms with Crippen LogP contribution in [0.4, 0.5) is 0 Å². The fourth-order valence-corrected chi connectivity index (χ4v) is 15.0. The maximum Gasteiger partial charge on any atom is 0.362 e. The van der Waals surface area contributed by atoms with Crippen molar-refractivity contribution in [2.75, 3.05) is 0 Å². The van der Waals surface area contributed by atoms with E-state index < -0.39 is 48.5 Å². The van der Waals surface area contributed by atoms with Crippen molar-refractivity contribution < 1.29 is 32.8 Å².